The number of carboxylic acid groups (broad SMARTS) is 2. The molecular formula is C11H18N2O6S. The van der Waals surface area contributed by atoms with E-state index in [1.54, 1.807) is 0 Å². The summed E-state index contributed by atoms with van der Waals surface area (Å²) in [5.74, 6) is -3.35. The molecule has 2 unspecified atom stereocenters. The smallest absolute Gasteiger partial charge is 0.303 e. The van der Waals surface area contributed by atoms with Crippen LogP contribution in [0.5, 0.6) is 0 Å². The second-order valence-electron chi connectivity index (χ2n) is 4.22. The fraction of sp³-hybridized carbons (Fsp3) is 0.636. The van der Waals surface area contributed by atoms with Crippen molar-refractivity contribution in [2.75, 3.05) is 5.75 Å². The zero-order valence-electron chi connectivity index (χ0n) is 10.8. The lowest BCUT2D eigenvalue weighted by Gasteiger charge is -2.15. The van der Waals surface area contributed by atoms with E-state index < -0.39 is 35.7 Å². The second-order valence-corrected chi connectivity index (χ2v) is 4.58. The molecule has 20 heavy (non-hydrogen) atoms. The molecule has 5 N–H and O–H groups in total. The van der Waals surface area contributed by atoms with Gasteiger partial charge in [-0.05, 0) is 0 Å². The Labute approximate surface area is 121 Å². The third-order valence-corrected chi connectivity index (χ3v) is 2.91. The summed E-state index contributed by atoms with van der Waals surface area (Å²) in [5, 5.41) is 21.3. The minimum Gasteiger partial charge on any atom is -0.544 e. The number of hydrogen-bond acceptors (Lipinski definition) is 6. The van der Waals surface area contributed by atoms with Crippen LogP contribution in [-0.2, 0) is 19.2 Å². The van der Waals surface area contributed by atoms with E-state index in [0.29, 0.717) is 0 Å². The molecule has 0 aromatic carbocycles. The summed E-state index contributed by atoms with van der Waals surface area (Å²) in [6.07, 6.45) is -0.627. The van der Waals surface area contributed by atoms with Gasteiger partial charge in [0.25, 0.3) is 0 Å². The standard InChI is InChI=1S/C11H18N2O6S/c12-6(11(18)19)1-3-9(15)13-7(5-20)8(14)2-4-10(16)17/h6-7,20H,1-5,12H2,(H,13,15)(H,16,17)(H,18,19). The molecule has 8 nitrogen and oxygen atoms in total. The first-order valence-electron chi connectivity index (χ1n) is 5.96. The normalized spacial score (nSPS) is 13.3. The number of rotatable bonds is 10. The van der Waals surface area contributed by atoms with Crippen molar-refractivity contribution >= 4 is 36.3 Å². The Morgan fingerprint density at radius 3 is 2.25 bits per heavy atom. The van der Waals surface area contributed by atoms with Crippen LogP contribution in [0.1, 0.15) is 25.7 Å². The first-order chi connectivity index (χ1) is 9.27. The lowest BCUT2D eigenvalue weighted by Crippen LogP contribution is -2.68. The number of nitrogens with one attached hydrogen (secondary N) is 1. The molecule has 0 aliphatic rings. The van der Waals surface area contributed by atoms with E-state index in [0.717, 1.165) is 0 Å². The van der Waals surface area contributed by atoms with Gasteiger partial charge in [0.05, 0.1) is 18.4 Å². The van der Waals surface area contributed by atoms with Crippen LogP contribution in [0, 0.1) is 0 Å². The Kier molecular flexibility index (Phi) is 8.57. The highest BCUT2D eigenvalue weighted by Gasteiger charge is 2.20. The summed E-state index contributed by atoms with van der Waals surface area (Å²) in [7, 11) is 0. The lowest BCUT2D eigenvalue weighted by molar-refractivity contribution is -0.438. The SMILES string of the molecule is [NH3+]C(CCC(=O)NC(CS)C(=O)CCC(=O)O)C(=O)[O-]. The maximum Gasteiger partial charge on any atom is 0.303 e. The maximum atomic E-state index is 11.6. The van der Waals surface area contributed by atoms with Gasteiger partial charge in [-0.2, -0.15) is 12.6 Å². The van der Waals surface area contributed by atoms with Crippen molar-refractivity contribution in [1.29, 1.82) is 0 Å². The van der Waals surface area contributed by atoms with E-state index in [1.807, 2.05) is 0 Å². The third kappa shape index (κ3) is 7.74. The molecule has 0 bridgehead atoms. The molecule has 0 aliphatic carbocycles. The van der Waals surface area contributed by atoms with Crippen LogP contribution >= 0.6 is 12.6 Å². The van der Waals surface area contributed by atoms with Crippen molar-refractivity contribution in [2.24, 2.45) is 0 Å². The predicted molar refractivity (Wildman–Crippen MR) is 68.6 cm³/mol. The average Bonchev–Trinajstić information content (AvgIpc) is 2.38. The van der Waals surface area contributed by atoms with E-state index in [1.165, 1.54) is 0 Å². The Morgan fingerprint density at radius 2 is 1.80 bits per heavy atom. The van der Waals surface area contributed by atoms with Crippen LogP contribution in [0.15, 0.2) is 0 Å². The van der Waals surface area contributed by atoms with Gasteiger partial charge in [-0.3, -0.25) is 14.4 Å². The molecule has 0 saturated carbocycles. The van der Waals surface area contributed by atoms with E-state index in [-0.39, 0.29) is 31.4 Å². The second kappa shape index (κ2) is 9.32. The first-order valence-corrected chi connectivity index (χ1v) is 6.59. The van der Waals surface area contributed by atoms with E-state index in [4.69, 9.17) is 5.11 Å². The zero-order valence-corrected chi connectivity index (χ0v) is 11.7. The van der Waals surface area contributed by atoms with Gasteiger partial charge in [-0.15, -0.1) is 0 Å². The van der Waals surface area contributed by atoms with E-state index in [2.05, 4.69) is 23.7 Å². The first kappa shape index (κ1) is 18.4. The van der Waals surface area contributed by atoms with Gasteiger partial charge in [0, 0.05) is 25.0 Å². The highest BCUT2D eigenvalue weighted by Crippen LogP contribution is 2.01. The minimum atomic E-state index is -1.35. The van der Waals surface area contributed by atoms with Crippen molar-refractivity contribution in [2.45, 2.75) is 37.8 Å². The number of Topliss-reactive ketones (excluding diaryl/α,β-unsaturated/α-hetero) is 1. The van der Waals surface area contributed by atoms with Crippen molar-refractivity contribution in [3.05, 3.63) is 0 Å². The summed E-state index contributed by atoms with van der Waals surface area (Å²) in [4.78, 5) is 43.9. The number of thiol groups is 1. The topological polar surface area (TPSA) is 151 Å². The van der Waals surface area contributed by atoms with Crippen LogP contribution < -0.4 is 16.2 Å². The van der Waals surface area contributed by atoms with Gasteiger partial charge in [-0.25, -0.2) is 0 Å². The van der Waals surface area contributed by atoms with Gasteiger partial charge < -0.3 is 26.1 Å². The van der Waals surface area contributed by atoms with Crippen LogP contribution in [0.3, 0.4) is 0 Å². The van der Waals surface area contributed by atoms with Gasteiger partial charge in [0.15, 0.2) is 5.78 Å². The molecule has 0 rings (SSSR count). The van der Waals surface area contributed by atoms with Crippen LogP contribution in [0.4, 0.5) is 0 Å². The Hall–Kier alpha value is -1.61. The molecule has 0 heterocycles. The molecule has 1 amide bonds. The predicted octanol–water partition coefficient (Wildman–Crippen LogP) is -3.02. The molecule has 0 fully saturated rings. The van der Waals surface area contributed by atoms with Crippen molar-refractivity contribution in [3.63, 3.8) is 0 Å². The fourth-order valence-corrected chi connectivity index (χ4v) is 1.62. The minimum absolute atomic E-state index is 0.00320. The quantitative estimate of drug-likeness (QED) is 0.315. The molecule has 0 aliphatic heterocycles. The van der Waals surface area contributed by atoms with Crippen molar-refractivity contribution < 1.29 is 35.1 Å². The summed E-state index contributed by atoms with van der Waals surface area (Å²) in [6.45, 7) is 0. The van der Waals surface area contributed by atoms with Crippen LogP contribution in [0.25, 0.3) is 0 Å². The number of aliphatic carboxylic acids is 2. The highest BCUT2D eigenvalue weighted by molar-refractivity contribution is 7.80. The molecule has 2 atom stereocenters. The van der Waals surface area contributed by atoms with Gasteiger partial charge in [-0.1, -0.05) is 0 Å². The highest BCUT2D eigenvalue weighted by atomic mass is 32.1. The Bertz CT molecular complexity index is 387. The summed E-state index contributed by atoms with van der Waals surface area (Å²) in [6, 6.07) is -1.88. The lowest BCUT2D eigenvalue weighted by atomic mass is 10.1. The number of quaternary nitrogens is 1. The van der Waals surface area contributed by atoms with Gasteiger partial charge >= 0.3 is 5.97 Å². The van der Waals surface area contributed by atoms with Crippen LogP contribution in [0.2, 0.25) is 0 Å². The van der Waals surface area contributed by atoms with Crippen molar-refractivity contribution in [3.8, 4) is 0 Å². The Balaban J connectivity index is 4.21. The summed E-state index contributed by atoms with van der Waals surface area (Å²) < 4.78 is 0. The van der Waals surface area contributed by atoms with Crippen molar-refractivity contribution in [1.82, 2.24) is 5.32 Å². The van der Waals surface area contributed by atoms with Gasteiger partial charge in [0.2, 0.25) is 5.91 Å². The molecular weight excluding hydrogens is 288 g/mol. The largest absolute Gasteiger partial charge is 0.544 e. The summed E-state index contributed by atoms with van der Waals surface area (Å²) >= 11 is 3.92. The number of ketones is 1. The molecule has 0 aromatic heterocycles. The molecule has 0 spiro atoms. The maximum absolute atomic E-state index is 11.6. The average molecular weight is 306 g/mol. The monoisotopic (exact) mass is 306 g/mol. The number of carboxylic acids is 2. The number of carbonyl (C=O) groups excluding carboxylic acids is 3. The fourth-order valence-electron chi connectivity index (χ4n) is 1.32. The summed E-state index contributed by atoms with van der Waals surface area (Å²) in [5.41, 5.74) is 3.30. The number of amides is 1. The van der Waals surface area contributed by atoms with E-state index >= 15 is 0 Å². The van der Waals surface area contributed by atoms with Gasteiger partial charge in [0.1, 0.15) is 6.04 Å². The molecule has 0 radical (unpaired) electrons. The Morgan fingerprint density at radius 1 is 1.20 bits per heavy atom. The van der Waals surface area contributed by atoms with E-state index in [9.17, 15) is 24.3 Å². The van der Waals surface area contributed by atoms with Crippen LogP contribution in [-0.4, -0.2) is 46.6 Å². The molecule has 114 valence electrons. The number of carbonyl (C=O) groups is 4. The zero-order chi connectivity index (χ0) is 15.7. The third-order valence-electron chi connectivity index (χ3n) is 2.54. The molecule has 9 heteroatoms. The molecule has 0 saturated heterocycles. The molecule has 0 aromatic rings. The number of hydrogen-bond donors (Lipinski definition) is 4.